The summed E-state index contributed by atoms with van der Waals surface area (Å²) in [5.41, 5.74) is 1.80. The first-order valence-corrected chi connectivity index (χ1v) is 8.92. The van der Waals surface area contributed by atoms with Crippen LogP contribution < -0.4 is 5.32 Å². The molecule has 1 unspecified atom stereocenters. The Hall–Kier alpha value is -1.24. The molecule has 0 bridgehead atoms. The van der Waals surface area contributed by atoms with Gasteiger partial charge in [0.2, 0.25) is 5.91 Å². The van der Waals surface area contributed by atoms with E-state index in [1.807, 2.05) is 55.3 Å². The van der Waals surface area contributed by atoms with Crippen LogP contribution in [0.4, 0.5) is 5.69 Å². The van der Waals surface area contributed by atoms with E-state index in [1.54, 1.807) is 6.20 Å². The molecule has 2 rings (SSSR count). The van der Waals surface area contributed by atoms with Crippen molar-refractivity contribution in [3.63, 3.8) is 0 Å². The highest BCUT2D eigenvalue weighted by molar-refractivity contribution is 9.11. The molecule has 4 nitrogen and oxygen atoms in total. The number of nitrogens with one attached hydrogen (secondary N) is 1. The summed E-state index contributed by atoms with van der Waals surface area (Å²) in [6.07, 6.45) is 2.60. The molecule has 0 aliphatic rings. The van der Waals surface area contributed by atoms with Gasteiger partial charge in [0.25, 0.3) is 0 Å². The first kappa shape index (κ1) is 18.1. The van der Waals surface area contributed by atoms with E-state index in [0.29, 0.717) is 0 Å². The van der Waals surface area contributed by atoms with Crippen molar-refractivity contribution in [3.05, 3.63) is 57.2 Å². The summed E-state index contributed by atoms with van der Waals surface area (Å²) in [7, 11) is 1.95. The number of rotatable bonds is 6. The Morgan fingerprint density at radius 2 is 2.09 bits per heavy atom. The van der Waals surface area contributed by atoms with Crippen LogP contribution in [0.1, 0.15) is 12.6 Å². The molecule has 1 N–H and O–H groups in total. The molecule has 0 saturated carbocycles. The number of anilines is 1. The number of hydrogen-bond donors (Lipinski definition) is 1. The minimum atomic E-state index is -0.228. The lowest BCUT2D eigenvalue weighted by Crippen LogP contribution is -2.40. The lowest BCUT2D eigenvalue weighted by molar-refractivity contribution is -0.120. The van der Waals surface area contributed by atoms with Gasteiger partial charge in [-0.05, 0) is 60.2 Å². The van der Waals surface area contributed by atoms with Gasteiger partial charge in [-0.15, -0.1) is 0 Å². The maximum absolute atomic E-state index is 12.4. The van der Waals surface area contributed by atoms with Crippen molar-refractivity contribution in [1.82, 2.24) is 9.88 Å². The third-order valence-electron chi connectivity index (χ3n) is 3.68. The lowest BCUT2D eigenvalue weighted by atomic mass is 10.2. The van der Waals surface area contributed by atoms with Crippen molar-refractivity contribution in [1.29, 1.82) is 0 Å². The number of pyridine rings is 1. The molecule has 0 spiro atoms. The minimum Gasteiger partial charge on any atom is -0.324 e. The van der Waals surface area contributed by atoms with Gasteiger partial charge in [0.1, 0.15) is 0 Å². The summed E-state index contributed by atoms with van der Waals surface area (Å²) in [5.74, 6) is -0.0310. The Morgan fingerprint density at radius 1 is 1.30 bits per heavy atom. The molecular weight excluding hydrogens is 422 g/mol. The molecule has 1 atom stereocenters. The fourth-order valence-corrected chi connectivity index (χ4v) is 3.20. The number of carbonyl (C=O) groups excluding carboxylic acids is 1. The number of carbonyl (C=O) groups is 1. The zero-order valence-electron chi connectivity index (χ0n) is 13.1. The smallest absolute Gasteiger partial charge is 0.241 e. The van der Waals surface area contributed by atoms with E-state index >= 15 is 0 Å². The average Bonchev–Trinajstić information content (AvgIpc) is 2.55. The molecule has 0 radical (unpaired) electrons. The quantitative estimate of drug-likeness (QED) is 0.735. The molecule has 2 aromatic rings. The van der Waals surface area contributed by atoms with E-state index in [-0.39, 0.29) is 11.9 Å². The van der Waals surface area contributed by atoms with E-state index in [4.69, 9.17) is 0 Å². The second kappa shape index (κ2) is 8.57. The second-order valence-electron chi connectivity index (χ2n) is 5.34. The fraction of sp³-hybridized carbons (Fsp3) is 0.294. The van der Waals surface area contributed by atoms with Crippen molar-refractivity contribution >= 4 is 43.5 Å². The highest BCUT2D eigenvalue weighted by Crippen LogP contribution is 2.26. The SMILES string of the molecule is CC(C(=O)Nc1ccc(Br)cc1Br)N(C)CCc1ccccn1. The highest BCUT2D eigenvalue weighted by Gasteiger charge is 2.18. The number of likely N-dealkylation sites (N-methyl/N-ethyl adjacent to an activating group) is 1. The summed E-state index contributed by atoms with van der Waals surface area (Å²) < 4.78 is 1.81. The molecular formula is C17H19Br2N3O. The van der Waals surface area contributed by atoms with E-state index in [0.717, 1.165) is 33.3 Å². The third kappa shape index (κ3) is 5.41. The van der Waals surface area contributed by atoms with Crippen LogP contribution in [-0.4, -0.2) is 35.4 Å². The van der Waals surface area contributed by atoms with Gasteiger partial charge in [-0.1, -0.05) is 22.0 Å². The first-order valence-electron chi connectivity index (χ1n) is 7.33. The normalized spacial score (nSPS) is 12.2. The molecule has 0 aliphatic heterocycles. The first-order chi connectivity index (χ1) is 11.0. The van der Waals surface area contributed by atoms with Crippen LogP contribution in [0.2, 0.25) is 0 Å². The zero-order chi connectivity index (χ0) is 16.8. The lowest BCUT2D eigenvalue weighted by Gasteiger charge is -2.24. The van der Waals surface area contributed by atoms with Crippen molar-refractivity contribution in [2.24, 2.45) is 0 Å². The monoisotopic (exact) mass is 439 g/mol. The van der Waals surface area contributed by atoms with Crippen molar-refractivity contribution in [3.8, 4) is 0 Å². The third-order valence-corrected chi connectivity index (χ3v) is 4.83. The number of nitrogens with zero attached hydrogens (tertiary/aromatic N) is 2. The van der Waals surface area contributed by atoms with E-state index in [2.05, 4.69) is 42.2 Å². The molecule has 0 fully saturated rings. The topological polar surface area (TPSA) is 45.2 Å². The largest absolute Gasteiger partial charge is 0.324 e. The summed E-state index contributed by atoms with van der Waals surface area (Å²) in [6, 6.07) is 11.3. The number of hydrogen-bond acceptors (Lipinski definition) is 3. The van der Waals surface area contributed by atoms with Crippen molar-refractivity contribution < 1.29 is 4.79 Å². The Bertz CT molecular complexity index is 664. The number of aromatic nitrogens is 1. The van der Waals surface area contributed by atoms with Crippen LogP contribution in [0.25, 0.3) is 0 Å². The van der Waals surface area contributed by atoms with E-state index < -0.39 is 0 Å². The van der Waals surface area contributed by atoms with Crippen LogP contribution in [0.5, 0.6) is 0 Å². The number of benzene rings is 1. The molecule has 6 heteroatoms. The van der Waals surface area contributed by atoms with Crippen LogP contribution in [0.15, 0.2) is 51.5 Å². The van der Waals surface area contributed by atoms with E-state index in [9.17, 15) is 4.79 Å². The fourth-order valence-electron chi connectivity index (χ4n) is 2.06. The molecule has 0 aliphatic carbocycles. The molecule has 1 aromatic heterocycles. The molecule has 1 aromatic carbocycles. The highest BCUT2D eigenvalue weighted by atomic mass is 79.9. The van der Waals surface area contributed by atoms with Gasteiger partial charge >= 0.3 is 0 Å². The summed E-state index contributed by atoms with van der Waals surface area (Å²) in [5, 5.41) is 2.95. The predicted octanol–water partition coefficient (Wildman–Crippen LogP) is 4.11. The Morgan fingerprint density at radius 3 is 2.74 bits per heavy atom. The molecule has 23 heavy (non-hydrogen) atoms. The Balaban J connectivity index is 1.90. The maximum Gasteiger partial charge on any atom is 0.241 e. The molecule has 0 saturated heterocycles. The van der Waals surface area contributed by atoms with Crippen molar-refractivity contribution in [2.45, 2.75) is 19.4 Å². The minimum absolute atomic E-state index is 0.0310. The average molecular weight is 441 g/mol. The van der Waals surface area contributed by atoms with Crippen LogP contribution in [0.3, 0.4) is 0 Å². The van der Waals surface area contributed by atoms with E-state index in [1.165, 1.54) is 0 Å². The Labute approximate surface area is 153 Å². The van der Waals surface area contributed by atoms with Gasteiger partial charge in [-0.2, -0.15) is 0 Å². The molecule has 1 amide bonds. The summed E-state index contributed by atoms with van der Waals surface area (Å²) >= 11 is 6.86. The van der Waals surface area contributed by atoms with Gasteiger partial charge in [-0.3, -0.25) is 14.7 Å². The summed E-state index contributed by atoms with van der Waals surface area (Å²) in [4.78, 5) is 18.7. The zero-order valence-corrected chi connectivity index (χ0v) is 16.3. The van der Waals surface area contributed by atoms with Gasteiger partial charge in [0.05, 0.1) is 11.7 Å². The standard InChI is InChI=1S/C17H19Br2N3O/c1-12(22(2)10-8-14-5-3-4-9-20-14)17(23)21-16-7-6-13(18)11-15(16)19/h3-7,9,11-12H,8,10H2,1-2H3,(H,21,23). The number of amides is 1. The Kier molecular flexibility index (Phi) is 6.74. The molecule has 122 valence electrons. The van der Waals surface area contributed by atoms with Crippen LogP contribution in [0, 0.1) is 0 Å². The van der Waals surface area contributed by atoms with Gasteiger partial charge in [0.15, 0.2) is 0 Å². The predicted molar refractivity (Wildman–Crippen MR) is 101 cm³/mol. The van der Waals surface area contributed by atoms with Crippen LogP contribution >= 0.6 is 31.9 Å². The van der Waals surface area contributed by atoms with Gasteiger partial charge < -0.3 is 5.32 Å². The van der Waals surface area contributed by atoms with Gasteiger partial charge in [0, 0.05) is 33.8 Å². The number of halogens is 2. The second-order valence-corrected chi connectivity index (χ2v) is 7.11. The summed E-state index contributed by atoms with van der Waals surface area (Å²) in [6.45, 7) is 2.67. The molecule has 1 heterocycles. The van der Waals surface area contributed by atoms with Crippen LogP contribution in [-0.2, 0) is 11.2 Å². The van der Waals surface area contributed by atoms with Crippen molar-refractivity contribution in [2.75, 3.05) is 18.9 Å². The maximum atomic E-state index is 12.4. The van der Waals surface area contributed by atoms with Gasteiger partial charge in [-0.25, -0.2) is 0 Å².